The van der Waals surface area contributed by atoms with Gasteiger partial charge in [0, 0.05) is 38.6 Å². The molecular weight excluding hydrogens is 314 g/mol. The molecule has 0 bridgehead atoms. The second-order valence-corrected chi connectivity index (χ2v) is 8.38. The zero-order chi connectivity index (χ0) is 17.0. The fraction of sp³-hybridized carbons (Fsp3) is 0.625. The molecule has 0 aromatic carbocycles. The minimum atomic E-state index is -3.01. The van der Waals surface area contributed by atoms with Crippen LogP contribution in [0.2, 0.25) is 0 Å². The van der Waals surface area contributed by atoms with Crippen molar-refractivity contribution in [3.63, 3.8) is 0 Å². The van der Waals surface area contributed by atoms with E-state index in [0.29, 0.717) is 12.1 Å². The predicted molar refractivity (Wildman–Crippen MR) is 91.6 cm³/mol. The molecule has 1 aliphatic rings. The van der Waals surface area contributed by atoms with Gasteiger partial charge in [-0.2, -0.15) is 0 Å². The van der Waals surface area contributed by atoms with Crippen LogP contribution in [0.1, 0.15) is 36.7 Å². The van der Waals surface area contributed by atoms with E-state index >= 15 is 0 Å². The summed E-state index contributed by atoms with van der Waals surface area (Å²) in [6.45, 7) is 3.06. The van der Waals surface area contributed by atoms with Crippen LogP contribution in [0, 0.1) is 0 Å². The van der Waals surface area contributed by atoms with Gasteiger partial charge in [-0.3, -0.25) is 9.78 Å². The van der Waals surface area contributed by atoms with Crippen molar-refractivity contribution in [2.24, 2.45) is 0 Å². The van der Waals surface area contributed by atoms with E-state index in [1.807, 2.05) is 13.1 Å². The van der Waals surface area contributed by atoms with Gasteiger partial charge in [-0.05, 0) is 25.0 Å². The minimum absolute atomic E-state index is 0.0470. The van der Waals surface area contributed by atoms with E-state index in [2.05, 4.69) is 16.8 Å². The van der Waals surface area contributed by atoms with Gasteiger partial charge in [-0.15, -0.1) is 0 Å². The summed E-state index contributed by atoms with van der Waals surface area (Å²) in [7, 11) is 0.638. The molecule has 1 amide bonds. The largest absolute Gasteiger partial charge is 0.374 e. The first-order valence-electron chi connectivity index (χ1n) is 7.99. The van der Waals surface area contributed by atoms with Crippen molar-refractivity contribution in [3.05, 3.63) is 24.0 Å². The van der Waals surface area contributed by atoms with Crippen LogP contribution in [0.15, 0.2) is 18.3 Å². The van der Waals surface area contributed by atoms with E-state index in [9.17, 15) is 13.2 Å². The number of nitrogens with zero attached hydrogens (tertiary/aromatic N) is 3. The summed E-state index contributed by atoms with van der Waals surface area (Å²) >= 11 is 0. The molecule has 0 aliphatic carbocycles. The van der Waals surface area contributed by atoms with E-state index in [1.54, 1.807) is 19.3 Å². The summed E-state index contributed by atoms with van der Waals surface area (Å²) in [5, 5.41) is 0. The van der Waals surface area contributed by atoms with Crippen LogP contribution < -0.4 is 4.90 Å². The molecule has 0 saturated carbocycles. The summed E-state index contributed by atoms with van der Waals surface area (Å²) in [6, 6.07) is 3.40. The van der Waals surface area contributed by atoms with E-state index in [1.165, 1.54) is 4.90 Å². The molecule has 6 nitrogen and oxygen atoms in total. The van der Waals surface area contributed by atoms with Crippen molar-refractivity contribution in [3.8, 4) is 0 Å². The van der Waals surface area contributed by atoms with E-state index in [0.717, 1.165) is 25.1 Å². The highest BCUT2D eigenvalue weighted by Crippen LogP contribution is 2.20. The van der Waals surface area contributed by atoms with Gasteiger partial charge in [0.2, 0.25) is 0 Å². The fourth-order valence-electron chi connectivity index (χ4n) is 2.73. The summed E-state index contributed by atoms with van der Waals surface area (Å²) in [4.78, 5) is 20.4. The number of hydrogen-bond acceptors (Lipinski definition) is 5. The van der Waals surface area contributed by atoms with Crippen molar-refractivity contribution in [1.29, 1.82) is 0 Å². The number of sulfone groups is 1. The standard InChI is InChI=1S/C16H25N3O3S/c1-4-5-9-18(2)13-6-8-17-15(11-13)16(20)19(3)14-7-10-23(21,22)12-14/h6,8,11,14H,4-5,7,9-10,12H2,1-3H3. The van der Waals surface area contributed by atoms with Crippen LogP contribution in [0.25, 0.3) is 0 Å². The molecule has 1 atom stereocenters. The molecule has 7 heteroatoms. The molecule has 1 unspecified atom stereocenters. The van der Waals surface area contributed by atoms with E-state index in [4.69, 9.17) is 0 Å². The van der Waals surface area contributed by atoms with Crippen LogP contribution >= 0.6 is 0 Å². The highest BCUT2D eigenvalue weighted by molar-refractivity contribution is 7.91. The number of hydrogen-bond donors (Lipinski definition) is 0. The normalized spacial score (nSPS) is 19.5. The Labute approximate surface area is 138 Å². The molecule has 1 aliphatic heterocycles. The molecule has 1 saturated heterocycles. The van der Waals surface area contributed by atoms with Crippen molar-refractivity contribution < 1.29 is 13.2 Å². The molecule has 1 aromatic rings. The first-order valence-corrected chi connectivity index (χ1v) is 9.81. The molecular formula is C16H25N3O3S. The van der Waals surface area contributed by atoms with Crippen LogP contribution in [-0.2, 0) is 9.84 Å². The molecule has 2 heterocycles. The third-order valence-electron chi connectivity index (χ3n) is 4.33. The zero-order valence-electron chi connectivity index (χ0n) is 14.0. The summed E-state index contributed by atoms with van der Waals surface area (Å²) < 4.78 is 23.2. The number of amides is 1. The number of pyridine rings is 1. The second-order valence-electron chi connectivity index (χ2n) is 6.15. The van der Waals surface area contributed by atoms with Gasteiger partial charge in [0.25, 0.3) is 5.91 Å². The Morgan fingerprint density at radius 2 is 2.13 bits per heavy atom. The van der Waals surface area contributed by atoms with Crippen molar-refractivity contribution in [1.82, 2.24) is 9.88 Å². The third kappa shape index (κ3) is 4.43. The Balaban J connectivity index is 2.10. The number of carbonyl (C=O) groups is 1. The maximum atomic E-state index is 12.6. The van der Waals surface area contributed by atoms with Crippen molar-refractivity contribution >= 4 is 21.4 Å². The van der Waals surface area contributed by atoms with Crippen molar-refractivity contribution in [2.75, 3.05) is 37.0 Å². The lowest BCUT2D eigenvalue weighted by Gasteiger charge is -2.24. The van der Waals surface area contributed by atoms with Crippen molar-refractivity contribution in [2.45, 2.75) is 32.2 Å². The Kier molecular flexibility index (Phi) is 5.62. The van der Waals surface area contributed by atoms with Gasteiger partial charge in [-0.1, -0.05) is 13.3 Å². The number of anilines is 1. The smallest absolute Gasteiger partial charge is 0.272 e. The summed E-state index contributed by atoms with van der Waals surface area (Å²) in [6.07, 6.45) is 4.33. The molecule has 0 N–H and O–H groups in total. The van der Waals surface area contributed by atoms with Crippen LogP contribution in [0.4, 0.5) is 5.69 Å². The molecule has 128 valence electrons. The quantitative estimate of drug-likeness (QED) is 0.787. The third-order valence-corrected chi connectivity index (χ3v) is 6.08. The Morgan fingerprint density at radius 1 is 1.39 bits per heavy atom. The number of carbonyl (C=O) groups excluding carboxylic acids is 1. The lowest BCUT2D eigenvalue weighted by atomic mass is 10.2. The maximum absolute atomic E-state index is 12.6. The topological polar surface area (TPSA) is 70.6 Å². The molecule has 2 rings (SSSR count). The van der Waals surface area contributed by atoms with Gasteiger partial charge in [0.05, 0.1) is 11.5 Å². The van der Waals surface area contributed by atoms with Crippen LogP contribution in [0.5, 0.6) is 0 Å². The number of unbranched alkanes of at least 4 members (excludes halogenated alkanes) is 1. The lowest BCUT2D eigenvalue weighted by Crippen LogP contribution is -2.38. The first kappa shape index (κ1) is 17.7. The molecule has 0 spiro atoms. The SMILES string of the molecule is CCCCN(C)c1ccnc(C(=O)N(C)C2CCS(=O)(=O)C2)c1. The summed E-state index contributed by atoms with van der Waals surface area (Å²) in [5.74, 6) is -0.0220. The zero-order valence-corrected chi connectivity index (χ0v) is 14.8. The molecule has 1 fully saturated rings. The maximum Gasteiger partial charge on any atom is 0.272 e. The number of rotatable bonds is 6. The molecule has 23 heavy (non-hydrogen) atoms. The van der Waals surface area contributed by atoms with E-state index in [-0.39, 0.29) is 23.5 Å². The molecule has 1 aromatic heterocycles. The van der Waals surface area contributed by atoms with Crippen LogP contribution in [-0.4, -0.2) is 62.4 Å². The lowest BCUT2D eigenvalue weighted by molar-refractivity contribution is 0.0742. The Morgan fingerprint density at radius 3 is 2.74 bits per heavy atom. The van der Waals surface area contributed by atoms with Gasteiger partial charge in [-0.25, -0.2) is 8.42 Å². The average molecular weight is 339 g/mol. The second kappa shape index (κ2) is 7.29. The average Bonchev–Trinajstić information content (AvgIpc) is 2.91. The monoisotopic (exact) mass is 339 g/mol. The highest BCUT2D eigenvalue weighted by atomic mass is 32.2. The molecule has 0 radical (unpaired) electrons. The predicted octanol–water partition coefficient (Wildman–Crippen LogP) is 1.58. The van der Waals surface area contributed by atoms with Gasteiger partial charge in [0.1, 0.15) is 5.69 Å². The minimum Gasteiger partial charge on any atom is -0.374 e. The Bertz CT molecular complexity index is 660. The van der Waals surface area contributed by atoms with Crippen LogP contribution in [0.3, 0.4) is 0 Å². The summed E-state index contributed by atoms with van der Waals surface area (Å²) in [5.41, 5.74) is 1.31. The fourth-order valence-corrected chi connectivity index (χ4v) is 4.50. The van der Waals surface area contributed by atoms with Gasteiger partial charge >= 0.3 is 0 Å². The highest BCUT2D eigenvalue weighted by Gasteiger charge is 2.33. The first-order chi connectivity index (χ1) is 10.8. The number of aromatic nitrogens is 1. The van der Waals surface area contributed by atoms with E-state index < -0.39 is 9.84 Å². The van der Waals surface area contributed by atoms with Gasteiger partial charge in [0.15, 0.2) is 9.84 Å². The van der Waals surface area contributed by atoms with Gasteiger partial charge < -0.3 is 9.80 Å². The Hall–Kier alpha value is -1.63.